The van der Waals surface area contributed by atoms with Gasteiger partial charge in [-0.2, -0.15) is 5.26 Å². The van der Waals surface area contributed by atoms with Crippen molar-refractivity contribution in [2.75, 3.05) is 4.72 Å². The Morgan fingerprint density at radius 3 is 2.50 bits per heavy atom. The highest BCUT2D eigenvalue weighted by Crippen LogP contribution is 2.45. The number of carbonyl (C=O) groups excluding carboxylic acids is 1. The molecule has 0 aromatic heterocycles. The Balaban J connectivity index is 1.82. The van der Waals surface area contributed by atoms with Crippen LogP contribution in [-0.2, 0) is 15.7 Å². The van der Waals surface area contributed by atoms with E-state index in [2.05, 4.69) is 10.0 Å². The second kappa shape index (κ2) is 8.31. The number of nitrogens with one attached hydrogen (secondary N) is 2. The summed E-state index contributed by atoms with van der Waals surface area (Å²) in [6.07, 6.45) is 0. The molecule has 3 N–H and O–H groups in total. The fraction of sp³-hybridized carbons (Fsp3) is 0.0769. The fourth-order valence-corrected chi connectivity index (χ4v) is 5.66. The molecule has 0 fully saturated rings. The lowest BCUT2D eigenvalue weighted by molar-refractivity contribution is 0.0479. The molecule has 10 heteroatoms. The molecule has 5 rings (SSSR count). The number of benzene rings is 4. The summed E-state index contributed by atoms with van der Waals surface area (Å²) in [7, 11) is -4.16. The molecule has 0 bridgehead atoms. The van der Waals surface area contributed by atoms with E-state index in [4.69, 9.17) is 11.6 Å². The number of amides is 1. The van der Waals surface area contributed by atoms with E-state index >= 15 is 0 Å². The van der Waals surface area contributed by atoms with Gasteiger partial charge in [0.15, 0.2) is 5.72 Å². The Morgan fingerprint density at radius 2 is 1.81 bits per heavy atom. The summed E-state index contributed by atoms with van der Waals surface area (Å²) in [5.74, 6) is -1.47. The quantitative estimate of drug-likeness (QED) is 0.364. The molecule has 36 heavy (non-hydrogen) atoms. The summed E-state index contributed by atoms with van der Waals surface area (Å²) in [6, 6.07) is 17.4. The van der Waals surface area contributed by atoms with Crippen LogP contribution in [0.25, 0.3) is 10.8 Å². The Kier molecular flexibility index (Phi) is 5.48. The minimum atomic E-state index is -4.16. The molecular formula is C26H17ClFN3O4S. The van der Waals surface area contributed by atoms with Gasteiger partial charge in [-0.15, -0.1) is 0 Å². The number of carbonyl (C=O) groups is 1. The first kappa shape index (κ1) is 23.8. The first-order valence-corrected chi connectivity index (χ1v) is 12.5. The number of nitrogens with zero attached hydrogens (tertiary/aromatic N) is 1. The van der Waals surface area contributed by atoms with Crippen molar-refractivity contribution in [1.82, 2.24) is 5.32 Å². The number of nitriles is 1. The predicted molar refractivity (Wildman–Crippen MR) is 133 cm³/mol. The first-order chi connectivity index (χ1) is 17.0. The second-order valence-electron chi connectivity index (χ2n) is 8.43. The van der Waals surface area contributed by atoms with Gasteiger partial charge in [0.25, 0.3) is 15.9 Å². The standard InChI is InChI=1S/C26H17ClFN3O4S/c1-14-2-7-18(8-3-14)36(34,35)31-22-11-16-5-4-15(13-29)10-19(16)23-24(22)26(33,30-25(23)32)20-12-17(28)6-9-21(20)27/h2-12,31,33H,1H3,(H,30,32). The SMILES string of the molecule is Cc1ccc(S(=O)(=O)Nc2cc3ccc(C#N)cc3c3c2C(O)(c2cc(F)ccc2Cl)NC3=O)cc1. The lowest BCUT2D eigenvalue weighted by Gasteiger charge is -2.28. The largest absolute Gasteiger partial charge is 0.363 e. The van der Waals surface area contributed by atoms with Crippen molar-refractivity contribution < 1.29 is 22.7 Å². The molecule has 0 radical (unpaired) electrons. The zero-order chi connectivity index (χ0) is 25.8. The van der Waals surface area contributed by atoms with Gasteiger partial charge in [0.1, 0.15) is 5.82 Å². The number of aryl methyl sites for hydroxylation is 1. The lowest BCUT2D eigenvalue weighted by Crippen LogP contribution is -2.41. The predicted octanol–water partition coefficient (Wildman–Crippen LogP) is 4.55. The van der Waals surface area contributed by atoms with Crippen molar-refractivity contribution in [2.24, 2.45) is 0 Å². The Bertz CT molecular complexity index is 1730. The van der Waals surface area contributed by atoms with Gasteiger partial charge in [0.2, 0.25) is 0 Å². The maximum absolute atomic E-state index is 14.2. The van der Waals surface area contributed by atoms with Crippen LogP contribution in [0, 0.1) is 24.1 Å². The van der Waals surface area contributed by atoms with Crippen LogP contribution in [0.1, 0.15) is 32.6 Å². The smallest absolute Gasteiger partial charge is 0.261 e. The number of anilines is 1. The van der Waals surface area contributed by atoms with Gasteiger partial charge in [-0.3, -0.25) is 9.52 Å². The zero-order valence-electron chi connectivity index (χ0n) is 18.6. The Morgan fingerprint density at radius 1 is 1.08 bits per heavy atom. The molecule has 0 spiro atoms. The highest BCUT2D eigenvalue weighted by atomic mass is 35.5. The fourth-order valence-electron chi connectivity index (χ4n) is 4.34. The number of aliphatic hydroxyl groups is 1. The molecule has 0 saturated heterocycles. The van der Waals surface area contributed by atoms with Crippen LogP contribution in [0.4, 0.5) is 10.1 Å². The minimum Gasteiger partial charge on any atom is -0.363 e. The summed E-state index contributed by atoms with van der Waals surface area (Å²) in [5, 5.41) is 24.3. The zero-order valence-corrected chi connectivity index (χ0v) is 20.2. The Hall–Kier alpha value is -3.97. The van der Waals surface area contributed by atoms with Crippen LogP contribution in [-0.4, -0.2) is 19.4 Å². The molecule has 0 aliphatic carbocycles. The van der Waals surface area contributed by atoms with Gasteiger partial charge in [0.05, 0.1) is 27.8 Å². The summed E-state index contributed by atoms with van der Waals surface area (Å²) in [5.41, 5.74) is -1.75. The number of rotatable bonds is 4. The molecule has 180 valence electrons. The average molecular weight is 522 g/mol. The maximum atomic E-state index is 14.2. The topological polar surface area (TPSA) is 119 Å². The van der Waals surface area contributed by atoms with E-state index in [9.17, 15) is 28.0 Å². The van der Waals surface area contributed by atoms with E-state index in [1.54, 1.807) is 18.2 Å². The molecule has 4 aromatic rings. The van der Waals surface area contributed by atoms with E-state index < -0.39 is 27.5 Å². The van der Waals surface area contributed by atoms with Gasteiger partial charge < -0.3 is 10.4 Å². The summed E-state index contributed by atoms with van der Waals surface area (Å²) in [4.78, 5) is 13.2. The molecule has 4 aromatic carbocycles. The van der Waals surface area contributed by atoms with Crippen molar-refractivity contribution in [3.8, 4) is 6.07 Å². The van der Waals surface area contributed by atoms with Crippen LogP contribution in [0.3, 0.4) is 0 Å². The lowest BCUT2D eigenvalue weighted by atomic mass is 9.89. The molecule has 7 nitrogen and oxygen atoms in total. The summed E-state index contributed by atoms with van der Waals surface area (Å²) >= 11 is 6.28. The van der Waals surface area contributed by atoms with E-state index in [0.29, 0.717) is 10.8 Å². The summed E-state index contributed by atoms with van der Waals surface area (Å²) in [6.45, 7) is 1.82. The van der Waals surface area contributed by atoms with Crippen molar-refractivity contribution in [3.05, 3.63) is 105 Å². The van der Waals surface area contributed by atoms with Crippen LogP contribution in [0.2, 0.25) is 5.02 Å². The van der Waals surface area contributed by atoms with E-state index in [1.807, 2.05) is 13.0 Å². The van der Waals surface area contributed by atoms with Crippen LogP contribution in [0.5, 0.6) is 0 Å². The summed E-state index contributed by atoms with van der Waals surface area (Å²) < 4.78 is 43.2. The first-order valence-electron chi connectivity index (χ1n) is 10.6. The number of halogens is 2. The van der Waals surface area contributed by atoms with Gasteiger partial charge in [-0.05, 0) is 66.2 Å². The van der Waals surface area contributed by atoms with Crippen molar-refractivity contribution in [2.45, 2.75) is 17.5 Å². The molecule has 1 aliphatic rings. The average Bonchev–Trinajstić information content (AvgIpc) is 3.12. The molecule has 1 heterocycles. The molecular weight excluding hydrogens is 505 g/mol. The Labute approximate surface area is 210 Å². The molecule has 1 amide bonds. The highest BCUT2D eigenvalue weighted by Gasteiger charge is 2.47. The number of hydrogen-bond donors (Lipinski definition) is 3. The van der Waals surface area contributed by atoms with E-state index in [1.165, 1.54) is 36.4 Å². The van der Waals surface area contributed by atoms with Crippen molar-refractivity contribution in [3.63, 3.8) is 0 Å². The van der Waals surface area contributed by atoms with E-state index in [0.717, 1.165) is 17.7 Å². The maximum Gasteiger partial charge on any atom is 0.261 e. The number of fused-ring (bicyclic) bond motifs is 3. The van der Waals surface area contributed by atoms with Gasteiger partial charge >= 0.3 is 0 Å². The third-order valence-corrected chi connectivity index (χ3v) is 7.76. The molecule has 1 aliphatic heterocycles. The van der Waals surface area contributed by atoms with Crippen LogP contribution >= 0.6 is 11.6 Å². The van der Waals surface area contributed by atoms with Crippen LogP contribution in [0.15, 0.2) is 71.6 Å². The molecule has 1 unspecified atom stereocenters. The minimum absolute atomic E-state index is 0.0358. The highest BCUT2D eigenvalue weighted by molar-refractivity contribution is 7.92. The molecule has 1 atom stereocenters. The number of sulfonamides is 1. The third-order valence-electron chi connectivity index (χ3n) is 6.05. The van der Waals surface area contributed by atoms with E-state index in [-0.39, 0.29) is 37.9 Å². The van der Waals surface area contributed by atoms with Gasteiger partial charge in [-0.1, -0.05) is 35.4 Å². The van der Waals surface area contributed by atoms with Crippen molar-refractivity contribution >= 4 is 44.0 Å². The molecule has 0 saturated carbocycles. The van der Waals surface area contributed by atoms with Crippen molar-refractivity contribution in [1.29, 1.82) is 5.26 Å². The third kappa shape index (κ3) is 3.76. The van der Waals surface area contributed by atoms with Crippen LogP contribution < -0.4 is 10.0 Å². The second-order valence-corrected chi connectivity index (χ2v) is 10.5. The van der Waals surface area contributed by atoms with Gasteiger partial charge in [-0.25, -0.2) is 12.8 Å². The number of hydrogen-bond acceptors (Lipinski definition) is 5. The normalized spacial score (nSPS) is 16.9. The van der Waals surface area contributed by atoms with Gasteiger partial charge in [0, 0.05) is 16.1 Å². The monoisotopic (exact) mass is 521 g/mol.